The van der Waals surface area contributed by atoms with E-state index in [2.05, 4.69) is 26.4 Å². The molecule has 1 atom stereocenters. The molecule has 0 bridgehead atoms. The van der Waals surface area contributed by atoms with Gasteiger partial charge in [-0.2, -0.15) is 5.10 Å². The van der Waals surface area contributed by atoms with E-state index in [-0.39, 0.29) is 11.3 Å². The maximum atomic E-state index is 13.4. The summed E-state index contributed by atoms with van der Waals surface area (Å²) in [5.74, 6) is -0.982. The number of amides is 2. The van der Waals surface area contributed by atoms with E-state index in [1.54, 1.807) is 54.6 Å². The Hall–Kier alpha value is -4.72. The summed E-state index contributed by atoms with van der Waals surface area (Å²) in [4.78, 5) is 38.6. The topological polar surface area (TPSA) is 116 Å². The smallest absolute Gasteiger partial charge is 0.272 e. The first-order valence-electron chi connectivity index (χ1n) is 11.2. The van der Waals surface area contributed by atoms with Crippen LogP contribution in [0.1, 0.15) is 41.0 Å². The highest BCUT2D eigenvalue weighted by atomic mass is 16.2. The second-order valence-corrected chi connectivity index (χ2v) is 7.80. The van der Waals surface area contributed by atoms with E-state index in [4.69, 9.17) is 0 Å². The summed E-state index contributed by atoms with van der Waals surface area (Å²) < 4.78 is 0. The standard InChI is InChI=1S/C27H25N5O3/c1-2-20(17-18-11-5-3-6-12-18)29-32-27(35)24(28-25(33)19-13-7-4-8-14-19)23-21-15-9-10-16-22(21)26(34)31-30-23/h3-17,24,29H,2H2,1H3,(H,28,33)(H,31,34)(H,32,35)/t24-/m0/s1. The zero-order chi connectivity index (χ0) is 24.6. The molecule has 0 aliphatic rings. The van der Waals surface area contributed by atoms with Crippen LogP contribution in [-0.2, 0) is 4.79 Å². The minimum Gasteiger partial charge on any atom is -0.335 e. The van der Waals surface area contributed by atoms with Gasteiger partial charge in [0.15, 0.2) is 6.04 Å². The maximum Gasteiger partial charge on any atom is 0.272 e. The molecule has 4 rings (SSSR count). The van der Waals surface area contributed by atoms with Crippen molar-refractivity contribution in [3.05, 3.63) is 118 Å². The highest BCUT2D eigenvalue weighted by Gasteiger charge is 2.27. The van der Waals surface area contributed by atoms with Crippen molar-refractivity contribution in [3.63, 3.8) is 0 Å². The van der Waals surface area contributed by atoms with Crippen LogP contribution in [0.3, 0.4) is 0 Å². The minimum atomic E-state index is -1.17. The van der Waals surface area contributed by atoms with Gasteiger partial charge in [0, 0.05) is 16.6 Å². The molecule has 0 saturated heterocycles. The van der Waals surface area contributed by atoms with Gasteiger partial charge in [0.1, 0.15) is 5.69 Å². The molecular formula is C27H25N5O3. The molecule has 2 amide bonds. The molecule has 0 aliphatic carbocycles. The van der Waals surface area contributed by atoms with E-state index in [1.807, 2.05) is 43.3 Å². The van der Waals surface area contributed by atoms with Crippen LogP contribution in [0.15, 0.2) is 95.4 Å². The lowest BCUT2D eigenvalue weighted by molar-refractivity contribution is -0.124. The first-order chi connectivity index (χ1) is 17.1. The van der Waals surface area contributed by atoms with Gasteiger partial charge in [-0.05, 0) is 36.3 Å². The zero-order valence-electron chi connectivity index (χ0n) is 19.1. The molecule has 0 radical (unpaired) electrons. The number of nitrogens with one attached hydrogen (secondary N) is 4. The van der Waals surface area contributed by atoms with Crippen LogP contribution in [0, 0.1) is 0 Å². The Morgan fingerprint density at radius 2 is 1.51 bits per heavy atom. The van der Waals surface area contributed by atoms with Crippen molar-refractivity contribution >= 4 is 28.7 Å². The monoisotopic (exact) mass is 467 g/mol. The van der Waals surface area contributed by atoms with Crippen LogP contribution in [0.4, 0.5) is 0 Å². The van der Waals surface area contributed by atoms with Crippen LogP contribution in [0.5, 0.6) is 0 Å². The Labute approximate surface area is 202 Å². The molecule has 0 unspecified atom stereocenters. The third-order valence-electron chi connectivity index (χ3n) is 5.44. The molecular weight excluding hydrogens is 442 g/mol. The molecule has 4 N–H and O–H groups in total. The Morgan fingerprint density at radius 1 is 0.886 bits per heavy atom. The maximum absolute atomic E-state index is 13.4. The average Bonchev–Trinajstić information content (AvgIpc) is 2.91. The van der Waals surface area contributed by atoms with Crippen LogP contribution in [-0.4, -0.2) is 22.0 Å². The Balaban J connectivity index is 1.65. The number of carbonyl (C=O) groups is 2. The molecule has 1 heterocycles. The average molecular weight is 468 g/mol. The molecule has 4 aromatic rings. The highest BCUT2D eigenvalue weighted by molar-refractivity contribution is 5.99. The Morgan fingerprint density at radius 3 is 2.20 bits per heavy atom. The van der Waals surface area contributed by atoms with Gasteiger partial charge in [-0.3, -0.25) is 19.8 Å². The van der Waals surface area contributed by atoms with Crippen LogP contribution in [0.2, 0.25) is 0 Å². The van der Waals surface area contributed by atoms with Crippen molar-refractivity contribution in [1.29, 1.82) is 0 Å². The molecule has 0 saturated carbocycles. The van der Waals surface area contributed by atoms with E-state index in [0.29, 0.717) is 22.8 Å². The molecule has 8 heteroatoms. The van der Waals surface area contributed by atoms with Crippen LogP contribution >= 0.6 is 0 Å². The van der Waals surface area contributed by atoms with Crippen LogP contribution < -0.4 is 21.7 Å². The number of benzene rings is 3. The summed E-state index contributed by atoms with van der Waals surface area (Å²) in [7, 11) is 0. The third kappa shape index (κ3) is 5.62. The van der Waals surface area contributed by atoms with Crippen molar-refractivity contribution in [3.8, 4) is 0 Å². The number of aromatic nitrogens is 2. The second-order valence-electron chi connectivity index (χ2n) is 7.80. The predicted molar refractivity (Wildman–Crippen MR) is 135 cm³/mol. The number of hydrazine groups is 1. The van der Waals surface area contributed by atoms with E-state index < -0.39 is 17.9 Å². The summed E-state index contributed by atoms with van der Waals surface area (Å²) in [5.41, 5.74) is 7.64. The summed E-state index contributed by atoms with van der Waals surface area (Å²) in [6.45, 7) is 1.96. The molecule has 35 heavy (non-hydrogen) atoms. The van der Waals surface area contributed by atoms with E-state index >= 15 is 0 Å². The van der Waals surface area contributed by atoms with Gasteiger partial charge in [-0.15, -0.1) is 0 Å². The number of rotatable bonds is 8. The van der Waals surface area contributed by atoms with Crippen LogP contribution in [0.25, 0.3) is 16.8 Å². The molecule has 3 aromatic carbocycles. The van der Waals surface area contributed by atoms with Gasteiger partial charge in [-0.1, -0.05) is 73.7 Å². The number of carbonyl (C=O) groups excluding carboxylic acids is 2. The Kier molecular flexibility index (Phi) is 7.32. The fourth-order valence-electron chi connectivity index (χ4n) is 3.61. The molecule has 0 fully saturated rings. The molecule has 1 aromatic heterocycles. The summed E-state index contributed by atoms with van der Waals surface area (Å²) in [6.07, 6.45) is 2.56. The molecule has 0 aliphatic heterocycles. The second kappa shape index (κ2) is 10.9. The van der Waals surface area contributed by atoms with E-state index in [0.717, 1.165) is 11.3 Å². The predicted octanol–water partition coefficient (Wildman–Crippen LogP) is 3.47. The van der Waals surface area contributed by atoms with E-state index in [9.17, 15) is 14.4 Å². The fraction of sp³-hybridized carbons (Fsp3) is 0.111. The lowest BCUT2D eigenvalue weighted by atomic mass is 10.0. The summed E-state index contributed by atoms with van der Waals surface area (Å²) in [5, 5.41) is 10.2. The number of allylic oxidation sites excluding steroid dienone is 1. The third-order valence-corrected chi connectivity index (χ3v) is 5.44. The SMILES string of the molecule is CCC(=Cc1ccccc1)NNC(=O)[C@@H](NC(=O)c1ccccc1)c1n[nH]c(=O)c2ccccc12. The van der Waals surface area contributed by atoms with Gasteiger partial charge in [0.25, 0.3) is 17.4 Å². The van der Waals surface area contributed by atoms with Crippen molar-refractivity contribution in [2.24, 2.45) is 0 Å². The number of aromatic amines is 1. The highest BCUT2D eigenvalue weighted by Crippen LogP contribution is 2.20. The van der Waals surface area contributed by atoms with Gasteiger partial charge < -0.3 is 10.7 Å². The number of nitrogens with zero attached hydrogens (tertiary/aromatic N) is 1. The van der Waals surface area contributed by atoms with Gasteiger partial charge in [0.05, 0.1) is 5.39 Å². The number of H-pyrrole nitrogens is 1. The number of hydrogen-bond donors (Lipinski definition) is 4. The molecule has 8 nitrogen and oxygen atoms in total. The summed E-state index contributed by atoms with van der Waals surface area (Å²) >= 11 is 0. The fourth-order valence-corrected chi connectivity index (χ4v) is 3.61. The van der Waals surface area contributed by atoms with Crippen molar-refractivity contribution in [2.45, 2.75) is 19.4 Å². The number of fused-ring (bicyclic) bond motifs is 1. The lowest BCUT2D eigenvalue weighted by Crippen LogP contribution is -2.46. The quantitative estimate of drug-likeness (QED) is 0.296. The molecule has 0 spiro atoms. The van der Waals surface area contributed by atoms with Crippen molar-refractivity contribution < 1.29 is 9.59 Å². The first kappa shape index (κ1) is 23.4. The Bertz CT molecular complexity index is 1420. The number of hydrogen-bond acceptors (Lipinski definition) is 5. The normalized spacial score (nSPS) is 12.1. The zero-order valence-corrected chi connectivity index (χ0v) is 19.1. The first-order valence-corrected chi connectivity index (χ1v) is 11.2. The minimum absolute atomic E-state index is 0.230. The van der Waals surface area contributed by atoms with Crippen molar-refractivity contribution in [1.82, 2.24) is 26.4 Å². The van der Waals surface area contributed by atoms with Gasteiger partial charge in [-0.25, -0.2) is 5.10 Å². The lowest BCUT2D eigenvalue weighted by Gasteiger charge is -2.20. The molecule has 176 valence electrons. The summed E-state index contributed by atoms with van der Waals surface area (Å²) in [6, 6.07) is 23.9. The van der Waals surface area contributed by atoms with E-state index in [1.165, 1.54) is 0 Å². The largest absolute Gasteiger partial charge is 0.335 e. The van der Waals surface area contributed by atoms with Gasteiger partial charge in [0.2, 0.25) is 0 Å². The van der Waals surface area contributed by atoms with Gasteiger partial charge >= 0.3 is 0 Å². The van der Waals surface area contributed by atoms with Crippen molar-refractivity contribution in [2.75, 3.05) is 0 Å².